The summed E-state index contributed by atoms with van der Waals surface area (Å²) in [6.07, 6.45) is 2.89. The van der Waals surface area contributed by atoms with Crippen LogP contribution < -0.4 is 0 Å². The molecule has 0 bridgehead atoms. The predicted molar refractivity (Wildman–Crippen MR) is 53.2 cm³/mol. The minimum absolute atomic E-state index is 0. The van der Waals surface area contributed by atoms with Gasteiger partial charge in [0.2, 0.25) is 0 Å². The van der Waals surface area contributed by atoms with Crippen molar-refractivity contribution in [2.45, 2.75) is 37.2 Å². The first-order valence-electron chi connectivity index (χ1n) is 3.41. The van der Waals surface area contributed by atoms with Crippen molar-refractivity contribution in [1.29, 1.82) is 0 Å². The Hall–Kier alpha value is 1.12. The van der Waals surface area contributed by atoms with Gasteiger partial charge in [0.05, 0.1) is 0 Å². The van der Waals surface area contributed by atoms with E-state index in [9.17, 15) is 0 Å². The first-order valence-corrected chi connectivity index (χ1v) is 7.61. The second-order valence-corrected chi connectivity index (χ2v) is 6.51. The van der Waals surface area contributed by atoms with Crippen LogP contribution in [0.2, 0.25) is 10.5 Å². The zero-order valence-corrected chi connectivity index (χ0v) is 11.0. The van der Waals surface area contributed by atoms with Crippen LogP contribution in [0.5, 0.6) is 0 Å². The summed E-state index contributed by atoms with van der Waals surface area (Å²) in [5, 5.41) is 3.22. The van der Waals surface area contributed by atoms with Gasteiger partial charge >= 0.3 is 52.6 Å². The van der Waals surface area contributed by atoms with Crippen molar-refractivity contribution in [3.8, 4) is 0 Å². The third-order valence-corrected chi connectivity index (χ3v) is 6.27. The molecular weight excluding hydrogens is 216 g/mol. The van der Waals surface area contributed by atoms with Crippen LogP contribution in [-0.4, -0.2) is 15.4 Å². The summed E-state index contributed by atoms with van der Waals surface area (Å²) in [5.74, 6) is 0. The molecule has 0 heterocycles. The molecule has 0 amide bonds. The van der Waals surface area contributed by atoms with Crippen molar-refractivity contribution in [1.82, 2.24) is 0 Å². The normalized spacial score (nSPS) is 7.33. The third kappa shape index (κ3) is 17.6. The van der Waals surface area contributed by atoms with E-state index in [1.165, 1.54) is 12.8 Å². The maximum absolute atomic E-state index is 2.29. The van der Waals surface area contributed by atoms with Crippen LogP contribution in [0.4, 0.5) is 0 Å². The predicted octanol–water partition coefficient (Wildman–Crippen LogP) is 2.66. The summed E-state index contributed by atoms with van der Waals surface area (Å²) in [6, 6.07) is 0. The van der Waals surface area contributed by atoms with Gasteiger partial charge in [0.1, 0.15) is 0 Å². The number of rotatable bonds is 4. The molecule has 0 fully saturated rings. The smallest absolute Gasteiger partial charge is 0.147 e. The fourth-order valence-electron chi connectivity index (χ4n) is 0.677. The molecule has 9 heavy (non-hydrogen) atoms. The van der Waals surface area contributed by atoms with E-state index in [-0.39, 0.29) is 40.2 Å². The van der Waals surface area contributed by atoms with Crippen molar-refractivity contribution in [2.24, 2.45) is 0 Å². The molecule has 0 aliphatic carbocycles. The number of hydrogen-bond donors (Lipinski definition) is 0. The van der Waals surface area contributed by atoms with Gasteiger partial charge in [-0.1, -0.05) is 0 Å². The van der Waals surface area contributed by atoms with Gasteiger partial charge in [-0.05, 0) is 0 Å². The van der Waals surface area contributed by atoms with E-state index in [2.05, 4.69) is 13.8 Å². The van der Waals surface area contributed by atoms with Gasteiger partial charge in [-0.15, -0.1) is 24.8 Å². The van der Waals surface area contributed by atoms with Crippen LogP contribution >= 0.6 is 24.8 Å². The van der Waals surface area contributed by atoms with E-state index in [1.54, 1.807) is 10.5 Å². The Morgan fingerprint density at radius 2 is 1.22 bits per heavy atom. The van der Waals surface area contributed by atoms with Crippen LogP contribution in [0.15, 0.2) is 0 Å². The van der Waals surface area contributed by atoms with Crippen molar-refractivity contribution >= 4 is 40.2 Å². The maximum Gasteiger partial charge on any atom is -0.147 e. The van der Waals surface area contributed by atoms with E-state index in [0.29, 0.717) is 0 Å². The summed E-state index contributed by atoms with van der Waals surface area (Å²) in [7, 11) is 0. The van der Waals surface area contributed by atoms with Gasteiger partial charge < -0.3 is 0 Å². The molecule has 0 unspecified atom stereocenters. The van der Waals surface area contributed by atoms with Gasteiger partial charge in [-0.2, -0.15) is 0 Å². The van der Waals surface area contributed by atoms with Crippen molar-refractivity contribution in [3.05, 3.63) is 0 Å². The van der Waals surface area contributed by atoms with E-state index in [1.807, 2.05) is 0 Å². The summed E-state index contributed by atoms with van der Waals surface area (Å²) < 4.78 is 0. The van der Waals surface area contributed by atoms with Gasteiger partial charge in [0, 0.05) is 0 Å². The molecule has 0 aliphatic rings. The summed E-state index contributed by atoms with van der Waals surface area (Å²) in [5.41, 5.74) is 0. The van der Waals surface area contributed by atoms with Crippen LogP contribution in [0.1, 0.15) is 26.7 Å². The van der Waals surface area contributed by atoms with Crippen molar-refractivity contribution < 1.29 is 0 Å². The molecule has 0 radical (unpaired) electrons. The van der Waals surface area contributed by atoms with E-state index in [0.717, 1.165) is 0 Å². The Morgan fingerprint density at radius 1 is 0.889 bits per heavy atom. The Morgan fingerprint density at radius 3 is 1.44 bits per heavy atom. The molecule has 0 atom stereocenters. The molecule has 0 nitrogen and oxygen atoms in total. The molecule has 60 valence electrons. The number of hydrogen-bond acceptors (Lipinski definition) is 0. The maximum atomic E-state index is 2.29. The Balaban J connectivity index is -0.000000180. The summed E-state index contributed by atoms with van der Waals surface area (Å²) in [6.45, 7) is 4.59. The van der Waals surface area contributed by atoms with Crippen molar-refractivity contribution in [3.63, 3.8) is 0 Å². The van der Waals surface area contributed by atoms with E-state index in [4.69, 9.17) is 0 Å². The quantitative estimate of drug-likeness (QED) is 0.517. The second-order valence-electron chi connectivity index (χ2n) is 2.06. The first-order chi connectivity index (χ1) is 3.41. The molecule has 0 spiro atoms. The topological polar surface area (TPSA) is 0 Å². The molecule has 0 saturated heterocycles. The molecule has 0 rings (SSSR count). The standard InChI is InChI=1S/C6H16Ge.2ClH/c1-3-5-7-6-4-2;;/h3-7H2,1-2H3;2*1H. The zero-order chi connectivity index (χ0) is 5.54. The largest absolute Gasteiger partial charge is 0.147 e. The average Bonchev–Trinajstić information content (AvgIpc) is 1.69. The van der Waals surface area contributed by atoms with Crippen LogP contribution in [0.25, 0.3) is 0 Å². The Kier molecular flexibility index (Phi) is 29.6. The Bertz CT molecular complexity index is 30.2. The number of halogens is 2. The minimum atomic E-state index is 0. The SMILES string of the molecule is CC[CH2][GeH2][CH2]CC.Cl.Cl. The fourth-order valence-corrected chi connectivity index (χ4v) is 3.52. The second kappa shape index (κ2) is 16.1. The summed E-state index contributed by atoms with van der Waals surface area (Å²) in [4.78, 5) is 0. The monoisotopic (exact) mass is 234 g/mol. The van der Waals surface area contributed by atoms with Crippen LogP contribution in [0, 0.1) is 0 Å². The van der Waals surface area contributed by atoms with Gasteiger partial charge in [0.25, 0.3) is 0 Å². The van der Waals surface area contributed by atoms with Crippen molar-refractivity contribution in [2.75, 3.05) is 0 Å². The molecule has 0 saturated carbocycles. The average molecular weight is 234 g/mol. The zero-order valence-electron chi connectivity index (χ0n) is 6.35. The van der Waals surface area contributed by atoms with Gasteiger partial charge in [-0.25, -0.2) is 0 Å². The molecule has 3 heteroatoms. The minimum Gasteiger partial charge on any atom is -0.147 e. The summed E-state index contributed by atoms with van der Waals surface area (Å²) >= 11 is 0.0521. The Labute approximate surface area is 77.5 Å². The third-order valence-electron chi connectivity index (χ3n) is 1.21. The van der Waals surface area contributed by atoms with Gasteiger partial charge in [0.15, 0.2) is 0 Å². The fraction of sp³-hybridized carbons (Fsp3) is 1.00. The molecule has 0 aromatic heterocycles. The van der Waals surface area contributed by atoms with E-state index >= 15 is 0 Å². The van der Waals surface area contributed by atoms with E-state index < -0.39 is 0 Å². The van der Waals surface area contributed by atoms with Crippen LogP contribution in [-0.2, 0) is 0 Å². The van der Waals surface area contributed by atoms with Gasteiger partial charge in [-0.3, -0.25) is 0 Å². The molecule has 0 N–H and O–H groups in total. The molecule has 0 aliphatic heterocycles. The molecule has 0 aromatic carbocycles. The molecular formula is C6H18Cl2Ge. The first kappa shape index (κ1) is 16.6. The van der Waals surface area contributed by atoms with Crippen LogP contribution in [0.3, 0.4) is 0 Å². The molecule has 0 aromatic rings.